The molecule has 1 aliphatic carbocycles. The van der Waals surface area contributed by atoms with Crippen LogP contribution in [0.25, 0.3) is 10.9 Å². The van der Waals surface area contributed by atoms with E-state index in [0.29, 0.717) is 0 Å². The molecule has 0 atom stereocenters. The van der Waals surface area contributed by atoms with Crippen LogP contribution in [0.15, 0.2) is 53.4 Å². The number of anilines is 1. The number of para-hydroxylation sites is 2. The molecule has 0 aliphatic heterocycles. The number of hydrogen-bond donors (Lipinski definition) is 1. The Kier molecular flexibility index (Phi) is 4.40. The Bertz CT molecular complexity index is 958. The van der Waals surface area contributed by atoms with Crippen molar-refractivity contribution >= 4 is 34.3 Å². The predicted octanol–water partition coefficient (Wildman–Crippen LogP) is 4.59. The van der Waals surface area contributed by atoms with Crippen molar-refractivity contribution in [3.05, 3.63) is 65.6 Å². The molecule has 0 spiro atoms. The first-order chi connectivity index (χ1) is 12.2. The lowest BCUT2D eigenvalue weighted by Crippen LogP contribution is -2.15. The van der Waals surface area contributed by atoms with Crippen LogP contribution in [-0.4, -0.2) is 16.6 Å². The van der Waals surface area contributed by atoms with Gasteiger partial charge in [0.2, 0.25) is 5.91 Å². The number of fused-ring (bicyclic) bond motifs is 2. The summed E-state index contributed by atoms with van der Waals surface area (Å²) in [6, 6.07) is 14.3. The predicted molar refractivity (Wildman–Crippen MR) is 99.5 cm³/mol. The Balaban J connectivity index is 1.57. The molecule has 0 saturated carbocycles. The lowest BCUT2D eigenvalue weighted by molar-refractivity contribution is -0.113. The molecule has 25 heavy (non-hydrogen) atoms. The van der Waals surface area contributed by atoms with Gasteiger partial charge < -0.3 is 5.32 Å². The smallest absolute Gasteiger partial charge is 0.234 e. The SMILES string of the molecule is O=C(CSc1c2c(nc3ccccc13)CCC2)Nc1ccccc1F. The molecule has 1 aliphatic rings. The van der Waals surface area contributed by atoms with Gasteiger partial charge in [-0.2, -0.15) is 0 Å². The number of carbonyl (C=O) groups excluding carboxylic acids is 1. The van der Waals surface area contributed by atoms with E-state index in [0.717, 1.165) is 40.8 Å². The van der Waals surface area contributed by atoms with Gasteiger partial charge in [0.15, 0.2) is 0 Å². The van der Waals surface area contributed by atoms with Crippen LogP contribution in [0.4, 0.5) is 10.1 Å². The van der Waals surface area contributed by atoms with Gasteiger partial charge in [0, 0.05) is 16.0 Å². The number of thioether (sulfide) groups is 1. The number of rotatable bonds is 4. The second-order valence-corrected chi connectivity index (χ2v) is 7.04. The monoisotopic (exact) mass is 352 g/mol. The second kappa shape index (κ2) is 6.84. The number of halogens is 1. The van der Waals surface area contributed by atoms with Crippen molar-refractivity contribution in [3.8, 4) is 0 Å². The number of carbonyl (C=O) groups is 1. The summed E-state index contributed by atoms with van der Waals surface area (Å²) in [5.74, 6) is -0.381. The maximum Gasteiger partial charge on any atom is 0.234 e. The zero-order chi connectivity index (χ0) is 17.2. The van der Waals surface area contributed by atoms with Crippen LogP contribution in [0.1, 0.15) is 17.7 Å². The minimum atomic E-state index is -0.420. The maximum absolute atomic E-state index is 13.7. The zero-order valence-corrected chi connectivity index (χ0v) is 14.4. The normalized spacial score (nSPS) is 13.0. The average Bonchev–Trinajstić information content (AvgIpc) is 3.08. The van der Waals surface area contributed by atoms with Gasteiger partial charge in [-0.15, -0.1) is 11.8 Å². The summed E-state index contributed by atoms with van der Waals surface area (Å²) in [5, 5.41) is 3.74. The lowest BCUT2D eigenvalue weighted by atomic mass is 10.1. The molecule has 3 nitrogen and oxygen atoms in total. The molecule has 1 heterocycles. The molecule has 0 fully saturated rings. The Labute approximate surface area is 149 Å². The van der Waals surface area contributed by atoms with Crippen LogP contribution in [0.3, 0.4) is 0 Å². The van der Waals surface area contributed by atoms with E-state index in [2.05, 4.69) is 11.4 Å². The third kappa shape index (κ3) is 3.24. The fraction of sp³-hybridized carbons (Fsp3) is 0.200. The van der Waals surface area contributed by atoms with Gasteiger partial charge in [-0.05, 0) is 43.0 Å². The minimum absolute atomic E-state index is 0.206. The molecule has 3 aromatic rings. The van der Waals surface area contributed by atoms with Crippen molar-refractivity contribution < 1.29 is 9.18 Å². The minimum Gasteiger partial charge on any atom is -0.323 e. The first-order valence-corrected chi connectivity index (χ1v) is 9.28. The van der Waals surface area contributed by atoms with Crippen LogP contribution in [-0.2, 0) is 17.6 Å². The number of amides is 1. The summed E-state index contributed by atoms with van der Waals surface area (Å²) in [7, 11) is 0. The fourth-order valence-electron chi connectivity index (χ4n) is 3.22. The molecule has 5 heteroatoms. The van der Waals surface area contributed by atoms with Crippen LogP contribution in [0.5, 0.6) is 0 Å². The Morgan fingerprint density at radius 1 is 1.12 bits per heavy atom. The van der Waals surface area contributed by atoms with Crippen molar-refractivity contribution in [3.63, 3.8) is 0 Å². The standard InChI is InChI=1S/C20H17FN2OS/c21-15-8-2-4-10-18(15)23-19(24)12-25-20-13-6-1-3-9-16(13)22-17-11-5-7-14(17)20/h1-4,6,8-10H,5,7,11-12H2,(H,23,24). The van der Waals surface area contributed by atoms with Crippen LogP contribution in [0, 0.1) is 5.82 Å². The van der Waals surface area contributed by atoms with E-state index in [1.54, 1.807) is 18.2 Å². The van der Waals surface area contributed by atoms with Crippen molar-refractivity contribution in [2.24, 2.45) is 0 Å². The molecule has 0 unspecified atom stereocenters. The number of nitrogens with one attached hydrogen (secondary N) is 1. The van der Waals surface area contributed by atoms with Gasteiger partial charge in [-0.3, -0.25) is 9.78 Å². The summed E-state index contributed by atoms with van der Waals surface area (Å²) in [5.41, 5.74) is 3.61. The number of hydrogen-bond acceptors (Lipinski definition) is 3. The topological polar surface area (TPSA) is 42.0 Å². The van der Waals surface area contributed by atoms with E-state index in [9.17, 15) is 9.18 Å². The van der Waals surface area contributed by atoms with E-state index in [1.165, 1.54) is 23.4 Å². The van der Waals surface area contributed by atoms with E-state index in [1.807, 2.05) is 18.2 Å². The molecule has 4 rings (SSSR count). The largest absolute Gasteiger partial charge is 0.323 e. The highest BCUT2D eigenvalue weighted by Crippen LogP contribution is 2.36. The molecular weight excluding hydrogens is 335 g/mol. The molecular formula is C20H17FN2OS. The van der Waals surface area contributed by atoms with E-state index in [-0.39, 0.29) is 17.3 Å². The third-order valence-corrected chi connectivity index (χ3v) is 5.52. The summed E-state index contributed by atoms with van der Waals surface area (Å²) < 4.78 is 13.7. The molecule has 0 saturated heterocycles. The lowest BCUT2D eigenvalue weighted by Gasteiger charge is -2.12. The highest BCUT2D eigenvalue weighted by molar-refractivity contribution is 8.00. The second-order valence-electron chi connectivity index (χ2n) is 6.05. The van der Waals surface area contributed by atoms with Gasteiger partial charge in [0.1, 0.15) is 5.82 Å². The summed E-state index contributed by atoms with van der Waals surface area (Å²) in [4.78, 5) is 18.2. The van der Waals surface area contributed by atoms with Gasteiger partial charge in [-0.1, -0.05) is 30.3 Å². The maximum atomic E-state index is 13.7. The van der Waals surface area contributed by atoms with E-state index < -0.39 is 5.82 Å². The molecule has 2 aromatic carbocycles. The number of aryl methyl sites for hydroxylation is 1. The Morgan fingerprint density at radius 2 is 1.92 bits per heavy atom. The third-order valence-electron chi connectivity index (χ3n) is 4.36. The van der Waals surface area contributed by atoms with Crippen molar-refractivity contribution in [1.82, 2.24) is 4.98 Å². The van der Waals surface area contributed by atoms with Crippen molar-refractivity contribution in [2.45, 2.75) is 24.2 Å². The Morgan fingerprint density at radius 3 is 2.80 bits per heavy atom. The molecule has 0 radical (unpaired) electrons. The molecule has 1 aromatic heterocycles. The molecule has 0 bridgehead atoms. The average molecular weight is 352 g/mol. The van der Waals surface area contributed by atoms with Gasteiger partial charge in [-0.25, -0.2) is 4.39 Å². The molecule has 1 amide bonds. The van der Waals surface area contributed by atoms with Gasteiger partial charge >= 0.3 is 0 Å². The first kappa shape index (κ1) is 16.1. The fourth-order valence-corrected chi connectivity index (χ4v) is 4.29. The highest BCUT2D eigenvalue weighted by Gasteiger charge is 2.20. The quantitative estimate of drug-likeness (QED) is 0.698. The van der Waals surface area contributed by atoms with Gasteiger partial charge in [0.25, 0.3) is 0 Å². The first-order valence-electron chi connectivity index (χ1n) is 8.30. The number of pyridine rings is 1. The number of benzene rings is 2. The summed E-state index contributed by atoms with van der Waals surface area (Å²) in [6.07, 6.45) is 3.10. The number of aromatic nitrogens is 1. The molecule has 1 N–H and O–H groups in total. The van der Waals surface area contributed by atoms with Crippen LogP contribution >= 0.6 is 11.8 Å². The summed E-state index contributed by atoms with van der Waals surface area (Å²) >= 11 is 1.51. The molecule has 126 valence electrons. The van der Waals surface area contributed by atoms with Crippen molar-refractivity contribution in [2.75, 3.05) is 11.1 Å². The van der Waals surface area contributed by atoms with Crippen LogP contribution < -0.4 is 5.32 Å². The van der Waals surface area contributed by atoms with E-state index in [4.69, 9.17) is 4.98 Å². The van der Waals surface area contributed by atoms with E-state index >= 15 is 0 Å². The highest BCUT2D eigenvalue weighted by atomic mass is 32.2. The number of nitrogens with zero attached hydrogens (tertiary/aromatic N) is 1. The van der Waals surface area contributed by atoms with Crippen LogP contribution in [0.2, 0.25) is 0 Å². The Hall–Kier alpha value is -2.40. The zero-order valence-electron chi connectivity index (χ0n) is 13.6. The van der Waals surface area contributed by atoms with Gasteiger partial charge in [0.05, 0.1) is 17.0 Å². The van der Waals surface area contributed by atoms with Crippen molar-refractivity contribution in [1.29, 1.82) is 0 Å². The summed E-state index contributed by atoms with van der Waals surface area (Å²) in [6.45, 7) is 0.